The summed E-state index contributed by atoms with van der Waals surface area (Å²) in [4.78, 5) is 10.5. The first kappa shape index (κ1) is 23.2. The number of carboxylic acids is 1. The lowest BCUT2D eigenvalue weighted by molar-refractivity contribution is -0.137. The van der Waals surface area contributed by atoms with Crippen molar-refractivity contribution < 1.29 is 25.2 Å². The molecule has 0 aromatic rings. The van der Waals surface area contributed by atoms with Gasteiger partial charge in [0.2, 0.25) is 0 Å². The Labute approximate surface area is 161 Å². The molecule has 6 heteroatoms. The number of alkyl halides is 1. The van der Waals surface area contributed by atoms with Crippen LogP contribution >= 0.6 is 11.6 Å². The molecule has 26 heavy (non-hydrogen) atoms. The van der Waals surface area contributed by atoms with E-state index in [2.05, 4.69) is 0 Å². The topological polar surface area (TPSA) is 98.0 Å². The Morgan fingerprint density at radius 1 is 1.23 bits per heavy atom. The zero-order chi connectivity index (χ0) is 19.5. The maximum atomic E-state index is 10.5. The normalized spacial score (nSPS) is 28.8. The van der Waals surface area contributed by atoms with E-state index in [-0.39, 0.29) is 29.7 Å². The Morgan fingerprint density at radius 3 is 2.62 bits per heavy atom. The standard InChI is InChI=1S/C20H33ClO5/c1-14(22)7-6-8-15(23)11-12-17-16(18(21)13-19(17)24)9-4-2-3-5-10-20(25)26/h2,4,11-12,14-19,22-24H,3,5-10,13H2,1H3,(H,25,26)/b4-2+,12-11+/t14-,15+,16-,17-,18-,19-/m1/s1. The second-order valence-electron chi connectivity index (χ2n) is 7.29. The zero-order valence-corrected chi connectivity index (χ0v) is 16.3. The largest absolute Gasteiger partial charge is 0.481 e. The third-order valence-electron chi connectivity index (χ3n) is 4.88. The van der Waals surface area contributed by atoms with Crippen LogP contribution in [0.5, 0.6) is 0 Å². The van der Waals surface area contributed by atoms with Crippen LogP contribution in [0.15, 0.2) is 24.3 Å². The minimum Gasteiger partial charge on any atom is -0.481 e. The third-order valence-corrected chi connectivity index (χ3v) is 5.39. The molecule has 150 valence electrons. The number of aliphatic hydroxyl groups excluding tert-OH is 3. The van der Waals surface area contributed by atoms with E-state index in [1.807, 2.05) is 18.2 Å². The summed E-state index contributed by atoms with van der Waals surface area (Å²) in [6.45, 7) is 1.73. The predicted molar refractivity (Wildman–Crippen MR) is 103 cm³/mol. The molecule has 0 heterocycles. The second kappa shape index (κ2) is 12.5. The average Bonchev–Trinajstić information content (AvgIpc) is 2.81. The maximum Gasteiger partial charge on any atom is 0.303 e. The molecule has 0 aromatic heterocycles. The third kappa shape index (κ3) is 9.17. The molecule has 0 aromatic carbocycles. The molecule has 5 nitrogen and oxygen atoms in total. The number of carbonyl (C=O) groups is 1. The van der Waals surface area contributed by atoms with Crippen molar-refractivity contribution in [3.05, 3.63) is 24.3 Å². The first-order chi connectivity index (χ1) is 12.3. The quantitative estimate of drug-likeness (QED) is 0.234. The molecule has 1 rings (SSSR count). The number of aliphatic hydroxyl groups is 3. The fourth-order valence-electron chi connectivity index (χ4n) is 3.38. The summed E-state index contributed by atoms with van der Waals surface area (Å²) in [6, 6.07) is 0. The molecule has 0 saturated heterocycles. The van der Waals surface area contributed by atoms with Gasteiger partial charge in [0, 0.05) is 17.7 Å². The van der Waals surface area contributed by atoms with Crippen molar-refractivity contribution in [2.24, 2.45) is 11.8 Å². The maximum absolute atomic E-state index is 10.5. The Kier molecular flexibility index (Phi) is 11.1. The van der Waals surface area contributed by atoms with E-state index in [0.717, 1.165) is 19.3 Å². The Balaban J connectivity index is 2.46. The fourth-order valence-corrected chi connectivity index (χ4v) is 3.84. The average molecular weight is 389 g/mol. The van der Waals surface area contributed by atoms with Crippen molar-refractivity contribution in [1.82, 2.24) is 0 Å². The van der Waals surface area contributed by atoms with Crippen LogP contribution in [0, 0.1) is 11.8 Å². The van der Waals surface area contributed by atoms with E-state index in [9.17, 15) is 20.1 Å². The van der Waals surface area contributed by atoms with Gasteiger partial charge in [0.1, 0.15) is 0 Å². The van der Waals surface area contributed by atoms with E-state index >= 15 is 0 Å². The molecule has 0 aliphatic heterocycles. The van der Waals surface area contributed by atoms with Gasteiger partial charge in [-0.2, -0.15) is 0 Å². The van der Waals surface area contributed by atoms with Crippen LogP contribution in [0.4, 0.5) is 0 Å². The highest BCUT2D eigenvalue weighted by Gasteiger charge is 2.39. The molecule has 6 atom stereocenters. The molecule has 1 fully saturated rings. The van der Waals surface area contributed by atoms with E-state index in [1.165, 1.54) is 0 Å². The second-order valence-corrected chi connectivity index (χ2v) is 7.85. The highest BCUT2D eigenvalue weighted by molar-refractivity contribution is 6.21. The summed E-state index contributed by atoms with van der Waals surface area (Å²) < 4.78 is 0. The summed E-state index contributed by atoms with van der Waals surface area (Å²) in [5.74, 6) is -0.772. The first-order valence-corrected chi connectivity index (χ1v) is 9.98. The molecular formula is C20H33ClO5. The molecule has 0 bridgehead atoms. The number of unbranched alkanes of at least 4 members (excludes halogenated alkanes) is 1. The lowest BCUT2D eigenvalue weighted by Gasteiger charge is -2.19. The van der Waals surface area contributed by atoms with Crippen LogP contribution in [-0.2, 0) is 4.79 Å². The Hall–Kier alpha value is -0.880. The van der Waals surface area contributed by atoms with Crippen LogP contribution in [0.3, 0.4) is 0 Å². The number of hydrogen-bond donors (Lipinski definition) is 4. The van der Waals surface area contributed by atoms with E-state index < -0.39 is 18.2 Å². The lowest BCUT2D eigenvalue weighted by Crippen LogP contribution is -2.19. The van der Waals surface area contributed by atoms with Crippen LogP contribution in [-0.4, -0.2) is 50.1 Å². The van der Waals surface area contributed by atoms with Gasteiger partial charge in [0.05, 0.1) is 18.3 Å². The Bertz CT molecular complexity index is 463. The molecule has 0 radical (unpaired) electrons. The van der Waals surface area contributed by atoms with Gasteiger partial charge in [-0.3, -0.25) is 4.79 Å². The highest BCUT2D eigenvalue weighted by atomic mass is 35.5. The van der Waals surface area contributed by atoms with Crippen molar-refractivity contribution in [3.63, 3.8) is 0 Å². The number of allylic oxidation sites excluding steroid dienone is 2. The molecule has 0 spiro atoms. The van der Waals surface area contributed by atoms with Gasteiger partial charge < -0.3 is 20.4 Å². The van der Waals surface area contributed by atoms with Crippen molar-refractivity contribution in [2.75, 3.05) is 0 Å². The van der Waals surface area contributed by atoms with Crippen molar-refractivity contribution in [3.8, 4) is 0 Å². The molecule has 0 unspecified atom stereocenters. The molecule has 1 aliphatic rings. The van der Waals surface area contributed by atoms with E-state index in [4.69, 9.17) is 16.7 Å². The van der Waals surface area contributed by atoms with Gasteiger partial charge in [-0.15, -0.1) is 11.6 Å². The summed E-state index contributed by atoms with van der Waals surface area (Å²) >= 11 is 6.39. The fraction of sp³-hybridized carbons (Fsp3) is 0.750. The van der Waals surface area contributed by atoms with Gasteiger partial charge >= 0.3 is 5.97 Å². The highest BCUT2D eigenvalue weighted by Crippen LogP contribution is 2.39. The predicted octanol–water partition coefficient (Wildman–Crippen LogP) is 3.26. The van der Waals surface area contributed by atoms with Gasteiger partial charge in [-0.05, 0) is 57.8 Å². The molecule has 1 saturated carbocycles. The summed E-state index contributed by atoms with van der Waals surface area (Å²) in [6.07, 6.45) is 10.9. The Morgan fingerprint density at radius 2 is 1.96 bits per heavy atom. The van der Waals surface area contributed by atoms with Crippen LogP contribution in [0.1, 0.15) is 58.3 Å². The molecule has 4 N–H and O–H groups in total. The number of carboxylic acid groups (broad SMARTS) is 1. The minimum atomic E-state index is -0.782. The number of halogens is 1. The van der Waals surface area contributed by atoms with E-state index in [1.54, 1.807) is 13.0 Å². The van der Waals surface area contributed by atoms with Crippen LogP contribution in [0.2, 0.25) is 0 Å². The van der Waals surface area contributed by atoms with Gasteiger partial charge in [-0.25, -0.2) is 0 Å². The van der Waals surface area contributed by atoms with Crippen LogP contribution < -0.4 is 0 Å². The first-order valence-electron chi connectivity index (χ1n) is 9.54. The molecule has 1 aliphatic carbocycles. The SMILES string of the molecule is C[C@@H](O)CCC[C@H](O)/C=C/[C@@H]1[C@@H](C/C=C/CCCC(=O)O)[C@H](Cl)C[C@H]1O. The van der Waals surface area contributed by atoms with Crippen molar-refractivity contribution in [2.45, 2.75) is 82.0 Å². The minimum absolute atomic E-state index is 0.0902. The monoisotopic (exact) mass is 388 g/mol. The van der Waals surface area contributed by atoms with Crippen molar-refractivity contribution >= 4 is 17.6 Å². The van der Waals surface area contributed by atoms with Crippen LogP contribution in [0.25, 0.3) is 0 Å². The van der Waals surface area contributed by atoms with Gasteiger partial charge in [0.15, 0.2) is 0 Å². The number of rotatable bonds is 12. The summed E-state index contributed by atoms with van der Waals surface area (Å²) in [5, 5.41) is 38.0. The van der Waals surface area contributed by atoms with Gasteiger partial charge in [-0.1, -0.05) is 24.3 Å². The zero-order valence-electron chi connectivity index (χ0n) is 15.5. The molecular weight excluding hydrogens is 356 g/mol. The summed E-state index contributed by atoms with van der Waals surface area (Å²) in [5.41, 5.74) is 0. The lowest BCUT2D eigenvalue weighted by atomic mass is 9.90. The smallest absolute Gasteiger partial charge is 0.303 e. The van der Waals surface area contributed by atoms with Crippen molar-refractivity contribution in [1.29, 1.82) is 0 Å². The van der Waals surface area contributed by atoms with Gasteiger partial charge in [0.25, 0.3) is 0 Å². The molecule has 0 amide bonds. The number of hydrogen-bond acceptors (Lipinski definition) is 4. The summed E-state index contributed by atoms with van der Waals surface area (Å²) in [7, 11) is 0. The number of aliphatic carboxylic acids is 1. The van der Waals surface area contributed by atoms with E-state index in [0.29, 0.717) is 25.7 Å².